The Morgan fingerprint density at radius 3 is 2.77 bits per heavy atom. The van der Waals surface area contributed by atoms with Crippen LogP contribution in [0.1, 0.15) is 41.5 Å². The van der Waals surface area contributed by atoms with E-state index >= 15 is 0 Å². The van der Waals surface area contributed by atoms with Gasteiger partial charge in [-0.15, -0.1) is 0 Å². The lowest BCUT2D eigenvalue weighted by Crippen LogP contribution is -2.32. The van der Waals surface area contributed by atoms with Crippen molar-refractivity contribution < 1.29 is 9.21 Å². The number of rotatable bonds is 4. The number of nitrogens with one attached hydrogen (secondary N) is 1. The molecule has 0 aliphatic heterocycles. The van der Waals surface area contributed by atoms with Crippen LogP contribution in [0.4, 0.5) is 0 Å². The smallest absolute Gasteiger partial charge is 0.226 e. The molecule has 4 rings (SSSR count). The van der Waals surface area contributed by atoms with Gasteiger partial charge in [-0.25, -0.2) is 4.98 Å². The van der Waals surface area contributed by atoms with E-state index in [0.717, 1.165) is 24.8 Å². The number of oxazole rings is 1. The lowest BCUT2D eigenvalue weighted by molar-refractivity contribution is -0.121. The van der Waals surface area contributed by atoms with E-state index < -0.39 is 0 Å². The van der Waals surface area contributed by atoms with Crippen molar-refractivity contribution >= 4 is 5.91 Å². The van der Waals surface area contributed by atoms with Crippen LogP contribution in [0, 0.1) is 6.92 Å². The molecule has 0 fully saturated rings. The minimum atomic E-state index is -0.0114. The number of nitrogens with zero attached hydrogens (tertiary/aromatic N) is 1. The van der Waals surface area contributed by atoms with Gasteiger partial charge in [-0.05, 0) is 49.4 Å². The number of carbonyl (C=O) groups is 1. The third-order valence-electron chi connectivity index (χ3n) is 4.95. The first-order chi connectivity index (χ1) is 12.7. The van der Waals surface area contributed by atoms with E-state index in [0.29, 0.717) is 17.3 Å². The van der Waals surface area contributed by atoms with Crippen molar-refractivity contribution in [2.24, 2.45) is 0 Å². The normalized spacial score (nSPS) is 16.1. The first-order valence-corrected chi connectivity index (χ1v) is 9.09. The largest absolute Gasteiger partial charge is 0.441 e. The Morgan fingerprint density at radius 1 is 1.15 bits per heavy atom. The van der Waals surface area contributed by atoms with E-state index in [1.54, 1.807) is 0 Å². The minimum Gasteiger partial charge on any atom is -0.441 e. The van der Waals surface area contributed by atoms with Crippen LogP contribution in [-0.4, -0.2) is 10.9 Å². The van der Waals surface area contributed by atoms with Crippen molar-refractivity contribution in [3.63, 3.8) is 0 Å². The highest BCUT2D eigenvalue weighted by Gasteiger charge is 2.22. The van der Waals surface area contributed by atoms with Gasteiger partial charge in [-0.1, -0.05) is 42.5 Å². The van der Waals surface area contributed by atoms with Crippen molar-refractivity contribution in [1.29, 1.82) is 0 Å². The molecule has 0 saturated heterocycles. The fourth-order valence-electron chi connectivity index (χ4n) is 3.60. The molecule has 4 heteroatoms. The van der Waals surface area contributed by atoms with Crippen LogP contribution in [0.3, 0.4) is 0 Å². The molecule has 1 aliphatic carbocycles. The lowest BCUT2D eigenvalue weighted by atomic mass is 9.87. The molecule has 132 valence electrons. The molecule has 26 heavy (non-hydrogen) atoms. The number of fused-ring (bicyclic) bond motifs is 1. The topological polar surface area (TPSA) is 55.1 Å². The van der Waals surface area contributed by atoms with Crippen LogP contribution in [-0.2, 0) is 17.6 Å². The molecule has 1 amide bonds. The molecular weight excluding hydrogens is 324 g/mol. The fraction of sp³-hybridized carbons (Fsp3) is 0.273. The molecule has 0 bridgehead atoms. The highest BCUT2D eigenvalue weighted by atomic mass is 16.4. The van der Waals surface area contributed by atoms with Gasteiger partial charge in [0, 0.05) is 5.56 Å². The van der Waals surface area contributed by atoms with Gasteiger partial charge in [0.05, 0.1) is 18.2 Å². The maximum absolute atomic E-state index is 12.6. The average molecular weight is 346 g/mol. The molecule has 1 aliphatic rings. The Bertz CT molecular complexity index is 915. The number of hydrogen-bond acceptors (Lipinski definition) is 3. The monoisotopic (exact) mass is 346 g/mol. The predicted octanol–water partition coefficient (Wildman–Crippen LogP) is 4.39. The minimum absolute atomic E-state index is 0.0114. The Balaban J connectivity index is 1.47. The molecule has 1 unspecified atom stereocenters. The maximum Gasteiger partial charge on any atom is 0.226 e. The van der Waals surface area contributed by atoms with Crippen molar-refractivity contribution in [2.45, 2.75) is 38.6 Å². The standard InChI is InChI=1S/C22H22N2O2/c1-15-20(24-22(26-15)17-9-3-2-4-10-17)14-21(25)23-19-13-7-11-16-8-5-6-12-18(16)19/h2-6,8-10,12,19H,7,11,13-14H2,1H3,(H,23,25). The van der Waals surface area contributed by atoms with Crippen LogP contribution in [0.25, 0.3) is 11.5 Å². The van der Waals surface area contributed by atoms with Crippen LogP contribution in [0.15, 0.2) is 59.0 Å². The van der Waals surface area contributed by atoms with E-state index in [2.05, 4.69) is 28.5 Å². The summed E-state index contributed by atoms with van der Waals surface area (Å²) in [4.78, 5) is 17.1. The summed E-state index contributed by atoms with van der Waals surface area (Å²) < 4.78 is 5.76. The Morgan fingerprint density at radius 2 is 1.92 bits per heavy atom. The second kappa shape index (κ2) is 7.16. The molecule has 1 atom stereocenters. The predicted molar refractivity (Wildman–Crippen MR) is 101 cm³/mol. The summed E-state index contributed by atoms with van der Waals surface area (Å²) in [6, 6.07) is 18.2. The number of aromatic nitrogens is 1. The molecule has 1 aromatic heterocycles. The number of amides is 1. The summed E-state index contributed by atoms with van der Waals surface area (Å²) in [6.45, 7) is 1.86. The van der Waals surface area contributed by atoms with Gasteiger partial charge in [0.2, 0.25) is 11.8 Å². The molecule has 0 radical (unpaired) electrons. The van der Waals surface area contributed by atoms with Gasteiger partial charge in [0.1, 0.15) is 5.76 Å². The molecule has 1 heterocycles. The molecule has 1 N–H and O–H groups in total. The second-order valence-corrected chi connectivity index (χ2v) is 6.78. The van der Waals surface area contributed by atoms with E-state index in [4.69, 9.17) is 4.42 Å². The van der Waals surface area contributed by atoms with Crippen molar-refractivity contribution in [2.75, 3.05) is 0 Å². The highest BCUT2D eigenvalue weighted by Crippen LogP contribution is 2.29. The zero-order chi connectivity index (χ0) is 17.9. The van der Waals surface area contributed by atoms with Crippen LogP contribution < -0.4 is 5.32 Å². The zero-order valence-corrected chi connectivity index (χ0v) is 14.9. The van der Waals surface area contributed by atoms with Gasteiger partial charge in [0.15, 0.2) is 0 Å². The summed E-state index contributed by atoms with van der Waals surface area (Å²) in [5.41, 5.74) is 4.20. The fourth-order valence-corrected chi connectivity index (χ4v) is 3.60. The van der Waals surface area contributed by atoms with Crippen LogP contribution in [0.2, 0.25) is 0 Å². The first-order valence-electron chi connectivity index (χ1n) is 9.09. The summed E-state index contributed by atoms with van der Waals surface area (Å²) in [5.74, 6) is 1.25. The SMILES string of the molecule is Cc1oc(-c2ccccc2)nc1CC(=O)NC1CCCc2ccccc21. The number of hydrogen-bond donors (Lipinski definition) is 1. The Labute approximate surface area is 153 Å². The van der Waals surface area contributed by atoms with Gasteiger partial charge in [-0.3, -0.25) is 4.79 Å². The third-order valence-corrected chi connectivity index (χ3v) is 4.95. The van der Waals surface area contributed by atoms with Gasteiger partial charge in [-0.2, -0.15) is 0 Å². The van der Waals surface area contributed by atoms with Gasteiger partial charge in [0.25, 0.3) is 0 Å². The van der Waals surface area contributed by atoms with Crippen LogP contribution in [0.5, 0.6) is 0 Å². The third kappa shape index (κ3) is 3.40. The van der Waals surface area contributed by atoms with E-state index in [1.165, 1.54) is 11.1 Å². The van der Waals surface area contributed by atoms with E-state index in [-0.39, 0.29) is 18.4 Å². The van der Waals surface area contributed by atoms with Crippen molar-refractivity contribution in [3.05, 3.63) is 77.2 Å². The molecule has 0 saturated carbocycles. The molecule has 4 nitrogen and oxygen atoms in total. The van der Waals surface area contributed by atoms with Crippen LogP contribution >= 0.6 is 0 Å². The first kappa shape index (κ1) is 16.6. The summed E-state index contributed by atoms with van der Waals surface area (Å²) in [5, 5.41) is 3.18. The van der Waals surface area contributed by atoms with E-state index in [9.17, 15) is 4.79 Å². The molecule has 2 aromatic carbocycles. The van der Waals surface area contributed by atoms with Crippen molar-refractivity contribution in [3.8, 4) is 11.5 Å². The Kier molecular flexibility index (Phi) is 4.57. The highest BCUT2D eigenvalue weighted by molar-refractivity contribution is 5.79. The lowest BCUT2D eigenvalue weighted by Gasteiger charge is -2.26. The second-order valence-electron chi connectivity index (χ2n) is 6.78. The molecule has 3 aromatic rings. The summed E-state index contributed by atoms with van der Waals surface area (Å²) in [6.07, 6.45) is 3.41. The maximum atomic E-state index is 12.6. The van der Waals surface area contributed by atoms with Crippen molar-refractivity contribution in [1.82, 2.24) is 10.3 Å². The van der Waals surface area contributed by atoms with Gasteiger partial charge < -0.3 is 9.73 Å². The molecular formula is C22H22N2O2. The number of benzene rings is 2. The van der Waals surface area contributed by atoms with Gasteiger partial charge >= 0.3 is 0 Å². The number of carbonyl (C=O) groups excluding carboxylic acids is 1. The summed E-state index contributed by atoms with van der Waals surface area (Å²) in [7, 11) is 0. The molecule has 0 spiro atoms. The average Bonchev–Trinajstić information content (AvgIpc) is 3.03. The zero-order valence-electron chi connectivity index (χ0n) is 14.9. The quantitative estimate of drug-likeness (QED) is 0.762. The Hall–Kier alpha value is -2.88. The number of aryl methyl sites for hydroxylation is 2. The summed E-state index contributed by atoms with van der Waals surface area (Å²) >= 11 is 0. The van der Waals surface area contributed by atoms with E-state index in [1.807, 2.05) is 43.3 Å².